The molecule has 4 nitrogen and oxygen atoms in total. The van der Waals surface area contributed by atoms with Crippen molar-refractivity contribution in [1.82, 2.24) is 0 Å². The summed E-state index contributed by atoms with van der Waals surface area (Å²) in [5.41, 5.74) is 0.139. The summed E-state index contributed by atoms with van der Waals surface area (Å²) in [6.45, 7) is 6.50. The fourth-order valence-corrected chi connectivity index (χ4v) is 5.92. The molecule has 1 saturated carbocycles. The molecule has 0 amide bonds. The summed E-state index contributed by atoms with van der Waals surface area (Å²) in [7, 11) is -4.34. The van der Waals surface area contributed by atoms with E-state index in [-0.39, 0.29) is 28.1 Å². The molecular weight excluding hydrogens is 294 g/mol. The zero-order chi connectivity index (χ0) is 15.6. The lowest BCUT2D eigenvalue weighted by Crippen LogP contribution is -2.38. The molecule has 0 heterocycles. The largest absolute Gasteiger partial charge is 0.259 e. The van der Waals surface area contributed by atoms with Gasteiger partial charge in [0.1, 0.15) is 9.84 Å². The van der Waals surface area contributed by atoms with Gasteiger partial charge >= 0.3 is 0 Å². The van der Waals surface area contributed by atoms with E-state index < -0.39 is 20.6 Å². The molecule has 0 aliphatic heterocycles. The summed E-state index contributed by atoms with van der Waals surface area (Å²) in [5.74, 6) is 0.334. The maximum absolute atomic E-state index is 12.4. The van der Waals surface area contributed by atoms with Crippen LogP contribution in [0.15, 0.2) is 0 Å². The Morgan fingerprint density at radius 2 is 1.90 bits per heavy atom. The van der Waals surface area contributed by atoms with Gasteiger partial charge in [-0.2, -0.15) is 5.26 Å². The monoisotopic (exact) mass is 319 g/mol. The molecule has 0 spiro atoms. The minimum absolute atomic E-state index is 0.0611. The van der Waals surface area contributed by atoms with Gasteiger partial charge < -0.3 is 0 Å². The molecule has 0 aromatic heterocycles. The predicted octanol–water partition coefficient (Wildman–Crippen LogP) is 2.13. The molecule has 4 atom stereocenters. The maximum atomic E-state index is 12.4. The van der Waals surface area contributed by atoms with E-state index in [2.05, 4.69) is 26.8 Å². The van der Waals surface area contributed by atoms with Gasteiger partial charge in [-0.05, 0) is 30.6 Å². The van der Waals surface area contributed by atoms with Crippen LogP contribution >= 0.6 is 0 Å². The Kier molecular flexibility index (Phi) is 5.79. The van der Waals surface area contributed by atoms with E-state index in [0.717, 1.165) is 25.5 Å². The molecule has 6 heteroatoms. The molecule has 0 radical (unpaired) electrons. The van der Waals surface area contributed by atoms with Gasteiger partial charge in [-0.3, -0.25) is 4.21 Å². The fraction of sp³-hybridized carbons (Fsp3) is 0.929. The lowest BCUT2D eigenvalue weighted by atomic mass is 9.70. The first-order valence-electron chi connectivity index (χ1n) is 6.99. The standard InChI is InChI=1S/C14H25NO3S2/c1-14(2,3)12-6-5-11(10-15)13(9-12)19(16)7-8-20(4,17)18/h11-13H,5-9H2,1-4H3. The summed E-state index contributed by atoms with van der Waals surface area (Å²) in [5, 5.41) is 9.04. The van der Waals surface area contributed by atoms with Gasteiger partial charge in [-0.15, -0.1) is 0 Å². The van der Waals surface area contributed by atoms with Crippen molar-refractivity contribution in [2.45, 2.75) is 45.3 Å². The lowest BCUT2D eigenvalue weighted by molar-refractivity contribution is 0.167. The second-order valence-corrected chi connectivity index (χ2v) is 10.9. The van der Waals surface area contributed by atoms with Crippen molar-refractivity contribution in [1.29, 1.82) is 5.26 Å². The lowest BCUT2D eigenvalue weighted by Gasteiger charge is -2.39. The molecule has 1 aliphatic rings. The van der Waals surface area contributed by atoms with E-state index in [1.807, 2.05) is 0 Å². The summed E-state index contributed by atoms with van der Waals surface area (Å²) in [4.78, 5) is 0. The van der Waals surface area contributed by atoms with E-state index in [4.69, 9.17) is 0 Å². The Labute approximate surface area is 125 Å². The van der Waals surface area contributed by atoms with Crippen LogP contribution in [0.5, 0.6) is 0 Å². The van der Waals surface area contributed by atoms with Crippen LogP contribution in [0.4, 0.5) is 0 Å². The van der Waals surface area contributed by atoms with Crippen LogP contribution in [0.1, 0.15) is 40.0 Å². The summed E-state index contributed by atoms with van der Waals surface area (Å²) < 4.78 is 34.8. The SMILES string of the molecule is CC(C)(C)C1CCC(C#N)C(S(=O)CCS(C)(=O)=O)C1. The zero-order valence-electron chi connectivity index (χ0n) is 12.8. The van der Waals surface area contributed by atoms with Crippen LogP contribution in [-0.4, -0.2) is 35.6 Å². The minimum Gasteiger partial charge on any atom is -0.259 e. The first kappa shape index (κ1) is 17.6. The number of hydrogen-bond acceptors (Lipinski definition) is 4. The third kappa shape index (κ3) is 5.17. The molecule has 20 heavy (non-hydrogen) atoms. The van der Waals surface area contributed by atoms with Gasteiger partial charge in [0.2, 0.25) is 0 Å². The highest BCUT2D eigenvalue weighted by Crippen LogP contribution is 2.41. The van der Waals surface area contributed by atoms with E-state index in [1.165, 1.54) is 0 Å². The normalized spacial score (nSPS) is 29.6. The van der Waals surface area contributed by atoms with Crippen molar-refractivity contribution >= 4 is 20.6 Å². The van der Waals surface area contributed by atoms with E-state index in [0.29, 0.717) is 5.92 Å². The first-order valence-corrected chi connectivity index (χ1v) is 10.4. The number of hydrogen-bond donors (Lipinski definition) is 0. The Balaban J connectivity index is 2.77. The Morgan fingerprint density at radius 3 is 2.35 bits per heavy atom. The molecule has 1 fully saturated rings. The van der Waals surface area contributed by atoms with Crippen molar-refractivity contribution in [3.63, 3.8) is 0 Å². The minimum atomic E-state index is -3.10. The van der Waals surface area contributed by atoms with Crippen molar-refractivity contribution < 1.29 is 12.6 Å². The van der Waals surface area contributed by atoms with Crippen molar-refractivity contribution in [2.24, 2.45) is 17.3 Å². The van der Waals surface area contributed by atoms with Gasteiger partial charge in [0, 0.05) is 22.8 Å². The van der Waals surface area contributed by atoms with Gasteiger partial charge in [-0.1, -0.05) is 20.8 Å². The third-order valence-corrected chi connectivity index (χ3v) is 7.18. The molecule has 1 rings (SSSR count). The molecular formula is C14H25NO3S2. The molecule has 116 valence electrons. The van der Waals surface area contributed by atoms with Gasteiger partial charge in [0.05, 0.1) is 23.0 Å². The molecule has 0 bridgehead atoms. The van der Waals surface area contributed by atoms with Crippen LogP contribution in [0.25, 0.3) is 0 Å². The highest BCUT2D eigenvalue weighted by molar-refractivity contribution is 7.92. The number of rotatable bonds is 4. The van der Waals surface area contributed by atoms with Crippen LogP contribution in [0, 0.1) is 28.6 Å². The second-order valence-electron chi connectivity index (χ2n) is 6.86. The number of sulfone groups is 1. The first-order chi connectivity index (χ1) is 9.04. The Morgan fingerprint density at radius 1 is 1.30 bits per heavy atom. The van der Waals surface area contributed by atoms with Crippen molar-refractivity contribution in [3.05, 3.63) is 0 Å². The number of nitrogens with zero attached hydrogens (tertiary/aromatic N) is 1. The average molecular weight is 319 g/mol. The molecule has 0 aromatic carbocycles. The Bertz CT molecular complexity index is 499. The Hall–Kier alpha value is -0.410. The highest BCUT2D eigenvalue weighted by Gasteiger charge is 2.38. The zero-order valence-corrected chi connectivity index (χ0v) is 14.4. The fourth-order valence-electron chi connectivity index (χ4n) is 2.74. The van der Waals surface area contributed by atoms with Gasteiger partial charge in [-0.25, -0.2) is 8.42 Å². The molecule has 0 saturated heterocycles. The second kappa shape index (κ2) is 6.57. The molecule has 0 N–H and O–H groups in total. The van der Waals surface area contributed by atoms with Crippen molar-refractivity contribution in [2.75, 3.05) is 17.8 Å². The van der Waals surface area contributed by atoms with Crippen LogP contribution < -0.4 is 0 Å². The van der Waals surface area contributed by atoms with Gasteiger partial charge in [0.15, 0.2) is 0 Å². The van der Waals surface area contributed by atoms with E-state index in [1.54, 1.807) is 0 Å². The van der Waals surface area contributed by atoms with E-state index in [9.17, 15) is 17.9 Å². The van der Waals surface area contributed by atoms with Crippen LogP contribution in [0.3, 0.4) is 0 Å². The average Bonchev–Trinajstić information content (AvgIpc) is 2.33. The highest BCUT2D eigenvalue weighted by atomic mass is 32.2. The summed E-state index contributed by atoms with van der Waals surface area (Å²) >= 11 is 0. The van der Waals surface area contributed by atoms with Gasteiger partial charge in [0.25, 0.3) is 0 Å². The molecule has 4 unspecified atom stereocenters. The topological polar surface area (TPSA) is 75.0 Å². The predicted molar refractivity (Wildman–Crippen MR) is 82.4 cm³/mol. The smallest absolute Gasteiger partial charge is 0.148 e. The van der Waals surface area contributed by atoms with Crippen molar-refractivity contribution in [3.8, 4) is 6.07 Å². The van der Waals surface area contributed by atoms with Crippen LogP contribution in [0.2, 0.25) is 0 Å². The molecule has 1 aliphatic carbocycles. The summed E-state index contributed by atoms with van der Waals surface area (Å²) in [6.07, 6.45) is 3.68. The van der Waals surface area contributed by atoms with E-state index >= 15 is 0 Å². The molecule has 0 aromatic rings. The van der Waals surface area contributed by atoms with Crippen LogP contribution in [-0.2, 0) is 20.6 Å². The third-order valence-electron chi connectivity index (χ3n) is 4.18. The summed E-state index contributed by atoms with van der Waals surface area (Å²) in [6, 6.07) is 2.26. The maximum Gasteiger partial charge on any atom is 0.148 e. The quantitative estimate of drug-likeness (QED) is 0.795. The number of nitriles is 1.